The molecule has 6 nitrogen and oxygen atoms in total. The molecule has 130 valence electrons. The number of carbonyl (C=O) groups excluding carboxylic acids is 2. The van der Waals surface area contributed by atoms with Crippen molar-refractivity contribution in [3.8, 4) is 0 Å². The molecular formula is C19H21N3O3. The second kappa shape index (κ2) is 7.34. The summed E-state index contributed by atoms with van der Waals surface area (Å²) in [4.78, 5) is 29.6. The number of nitrogens with one attached hydrogen (secondary N) is 1. The molecule has 0 radical (unpaired) electrons. The summed E-state index contributed by atoms with van der Waals surface area (Å²) in [6.07, 6.45) is 2.36. The molecule has 0 bridgehead atoms. The van der Waals surface area contributed by atoms with Crippen LogP contribution in [0, 0.1) is 0 Å². The Morgan fingerprint density at radius 3 is 2.56 bits per heavy atom. The van der Waals surface area contributed by atoms with Crippen molar-refractivity contribution in [1.29, 1.82) is 0 Å². The fourth-order valence-corrected chi connectivity index (χ4v) is 2.69. The van der Waals surface area contributed by atoms with Gasteiger partial charge in [-0.15, -0.1) is 0 Å². The molecule has 1 N–H and O–H groups in total. The SMILES string of the molecule is CC(C)c1ccc(N2CC(CNC(=O)c3ccncc3)OC2=O)cc1. The Bertz CT molecular complexity index is 744. The zero-order valence-corrected chi connectivity index (χ0v) is 14.3. The highest BCUT2D eigenvalue weighted by molar-refractivity contribution is 5.94. The average molecular weight is 339 g/mol. The number of pyridine rings is 1. The van der Waals surface area contributed by atoms with E-state index in [-0.39, 0.29) is 24.6 Å². The van der Waals surface area contributed by atoms with Gasteiger partial charge >= 0.3 is 6.09 Å². The number of nitrogens with zero attached hydrogens (tertiary/aromatic N) is 2. The molecule has 1 atom stereocenters. The van der Waals surface area contributed by atoms with E-state index in [4.69, 9.17) is 4.74 Å². The highest BCUT2D eigenvalue weighted by atomic mass is 16.6. The summed E-state index contributed by atoms with van der Waals surface area (Å²) in [5, 5.41) is 2.79. The summed E-state index contributed by atoms with van der Waals surface area (Å²) >= 11 is 0. The number of aromatic nitrogens is 1. The van der Waals surface area contributed by atoms with Crippen LogP contribution in [-0.4, -0.2) is 36.2 Å². The van der Waals surface area contributed by atoms with E-state index in [1.165, 1.54) is 5.56 Å². The van der Waals surface area contributed by atoms with Gasteiger partial charge in [0, 0.05) is 23.6 Å². The number of benzene rings is 1. The fraction of sp³-hybridized carbons (Fsp3) is 0.316. The number of hydrogen-bond donors (Lipinski definition) is 1. The minimum absolute atomic E-state index is 0.210. The Balaban J connectivity index is 1.58. The van der Waals surface area contributed by atoms with Crippen LogP contribution in [0.3, 0.4) is 0 Å². The van der Waals surface area contributed by atoms with Crippen LogP contribution in [0.5, 0.6) is 0 Å². The smallest absolute Gasteiger partial charge is 0.414 e. The first-order chi connectivity index (χ1) is 12.0. The van der Waals surface area contributed by atoms with E-state index in [0.717, 1.165) is 5.69 Å². The molecule has 1 aliphatic rings. The first-order valence-corrected chi connectivity index (χ1v) is 8.31. The monoisotopic (exact) mass is 339 g/mol. The van der Waals surface area contributed by atoms with Crippen LogP contribution < -0.4 is 10.2 Å². The first kappa shape index (κ1) is 17.0. The molecule has 1 saturated heterocycles. The molecule has 2 amide bonds. The van der Waals surface area contributed by atoms with Gasteiger partial charge in [-0.3, -0.25) is 14.7 Å². The molecule has 25 heavy (non-hydrogen) atoms. The lowest BCUT2D eigenvalue weighted by molar-refractivity contribution is 0.0916. The molecular weight excluding hydrogens is 318 g/mol. The van der Waals surface area contributed by atoms with Crippen molar-refractivity contribution in [3.05, 3.63) is 59.9 Å². The van der Waals surface area contributed by atoms with Gasteiger partial charge in [-0.1, -0.05) is 26.0 Å². The Labute approximate surface area is 146 Å². The zero-order chi connectivity index (χ0) is 17.8. The van der Waals surface area contributed by atoms with Crippen molar-refractivity contribution >= 4 is 17.7 Å². The van der Waals surface area contributed by atoms with Gasteiger partial charge in [-0.2, -0.15) is 0 Å². The van der Waals surface area contributed by atoms with Crippen LogP contribution in [0.2, 0.25) is 0 Å². The standard InChI is InChI=1S/C19H21N3O3/c1-13(2)14-3-5-16(6-4-14)22-12-17(25-19(22)24)11-21-18(23)15-7-9-20-10-8-15/h3-10,13,17H,11-12H2,1-2H3,(H,21,23). The van der Waals surface area contributed by atoms with Crippen LogP contribution in [0.4, 0.5) is 10.5 Å². The zero-order valence-electron chi connectivity index (χ0n) is 14.3. The van der Waals surface area contributed by atoms with Crippen LogP contribution >= 0.6 is 0 Å². The molecule has 1 unspecified atom stereocenters. The maximum Gasteiger partial charge on any atom is 0.414 e. The highest BCUT2D eigenvalue weighted by Crippen LogP contribution is 2.24. The molecule has 2 heterocycles. The van der Waals surface area contributed by atoms with E-state index < -0.39 is 0 Å². The van der Waals surface area contributed by atoms with Gasteiger partial charge < -0.3 is 10.1 Å². The molecule has 6 heteroatoms. The minimum atomic E-state index is -0.388. The van der Waals surface area contributed by atoms with Gasteiger partial charge in [0.1, 0.15) is 6.10 Å². The molecule has 0 saturated carbocycles. The van der Waals surface area contributed by atoms with E-state index in [1.54, 1.807) is 29.4 Å². The third kappa shape index (κ3) is 3.96. The Hall–Kier alpha value is -2.89. The highest BCUT2D eigenvalue weighted by Gasteiger charge is 2.32. The lowest BCUT2D eigenvalue weighted by Crippen LogP contribution is -2.34. The second-order valence-corrected chi connectivity index (χ2v) is 6.31. The Morgan fingerprint density at radius 1 is 1.24 bits per heavy atom. The molecule has 0 spiro atoms. The maximum absolute atomic E-state index is 12.1. The summed E-state index contributed by atoms with van der Waals surface area (Å²) in [5.74, 6) is 0.230. The summed E-state index contributed by atoms with van der Waals surface area (Å²) < 4.78 is 5.35. The van der Waals surface area contributed by atoms with E-state index in [1.807, 2.05) is 24.3 Å². The number of rotatable bonds is 5. The summed E-state index contributed by atoms with van der Waals surface area (Å²) in [7, 11) is 0. The quantitative estimate of drug-likeness (QED) is 0.909. The molecule has 1 aromatic carbocycles. The van der Waals surface area contributed by atoms with Crippen LogP contribution in [0.15, 0.2) is 48.8 Å². The number of ether oxygens (including phenoxy) is 1. The largest absolute Gasteiger partial charge is 0.442 e. The lowest BCUT2D eigenvalue weighted by Gasteiger charge is -2.14. The van der Waals surface area contributed by atoms with E-state index in [9.17, 15) is 9.59 Å². The van der Waals surface area contributed by atoms with E-state index >= 15 is 0 Å². The first-order valence-electron chi connectivity index (χ1n) is 8.31. The number of amides is 2. The Kier molecular flexibility index (Phi) is 4.97. The van der Waals surface area contributed by atoms with Crippen LogP contribution in [0.25, 0.3) is 0 Å². The van der Waals surface area contributed by atoms with Crippen molar-refractivity contribution in [2.24, 2.45) is 0 Å². The maximum atomic E-state index is 12.1. The van der Waals surface area contributed by atoms with Gasteiger partial charge in [-0.25, -0.2) is 4.79 Å². The van der Waals surface area contributed by atoms with Crippen molar-refractivity contribution in [2.75, 3.05) is 18.0 Å². The number of anilines is 1. The van der Waals surface area contributed by atoms with Crippen molar-refractivity contribution in [1.82, 2.24) is 10.3 Å². The summed E-state index contributed by atoms with van der Waals surface area (Å²) in [5.41, 5.74) is 2.55. The molecule has 1 aromatic heterocycles. The third-order valence-electron chi connectivity index (χ3n) is 4.18. The van der Waals surface area contributed by atoms with Crippen LogP contribution in [0.1, 0.15) is 35.7 Å². The second-order valence-electron chi connectivity index (χ2n) is 6.31. The topological polar surface area (TPSA) is 71.5 Å². The molecule has 1 aliphatic heterocycles. The van der Waals surface area contributed by atoms with Gasteiger partial charge in [0.2, 0.25) is 0 Å². The van der Waals surface area contributed by atoms with Gasteiger partial charge in [0.05, 0.1) is 13.1 Å². The molecule has 2 aromatic rings. The Morgan fingerprint density at radius 2 is 1.92 bits per heavy atom. The van der Waals surface area contributed by atoms with Crippen molar-refractivity contribution in [3.63, 3.8) is 0 Å². The minimum Gasteiger partial charge on any atom is -0.442 e. The summed E-state index contributed by atoms with van der Waals surface area (Å²) in [6.45, 7) is 4.94. The lowest BCUT2D eigenvalue weighted by atomic mass is 10.0. The fourth-order valence-electron chi connectivity index (χ4n) is 2.69. The molecule has 0 aliphatic carbocycles. The van der Waals surface area contributed by atoms with E-state index in [0.29, 0.717) is 18.0 Å². The van der Waals surface area contributed by atoms with Gasteiger partial charge in [0.25, 0.3) is 5.91 Å². The van der Waals surface area contributed by atoms with Gasteiger partial charge in [-0.05, 0) is 35.7 Å². The van der Waals surface area contributed by atoms with Crippen LogP contribution in [-0.2, 0) is 4.74 Å². The average Bonchev–Trinajstić information content (AvgIpc) is 3.01. The normalized spacial score (nSPS) is 16.8. The predicted molar refractivity (Wildman–Crippen MR) is 94.7 cm³/mol. The number of hydrogen-bond acceptors (Lipinski definition) is 4. The predicted octanol–water partition coefficient (Wildman–Crippen LogP) is 2.96. The molecule has 3 rings (SSSR count). The van der Waals surface area contributed by atoms with Gasteiger partial charge in [0.15, 0.2) is 0 Å². The number of carbonyl (C=O) groups is 2. The van der Waals surface area contributed by atoms with E-state index in [2.05, 4.69) is 24.1 Å². The van der Waals surface area contributed by atoms with Crippen molar-refractivity contribution in [2.45, 2.75) is 25.9 Å². The molecule has 1 fully saturated rings. The van der Waals surface area contributed by atoms with Crippen molar-refractivity contribution < 1.29 is 14.3 Å². The number of cyclic esters (lactones) is 1. The third-order valence-corrected chi connectivity index (χ3v) is 4.18. The summed E-state index contributed by atoms with van der Waals surface area (Å²) in [6, 6.07) is 11.2.